The van der Waals surface area contributed by atoms with Gasteiger partial charge in [-0.1, -0.05) is 6.08 Å². The molecule has 4 heteroatoms. The Balaban J connectivity index is 2.16. The topological polar surface area (TPSA) is 53.4 Å². The molecule has 84 valence electrons. The molecule has 0 saturated heterocycles. The van der Waals surface area contributed by atoms with Crippen LogP contribution in [-0.2, 0) is 0 Å². The van der Waals surface area contributed by atoms with Crippen LogP contribution in [0, 0.1) is 6.92 Å². The van der Waals surface area contributed by atoms with Crippen LogP contribution in [0.5, 0.6) is 0 Å². The minimum Gasteiger partial charge on any atom is -0.465 e. The van der Waals surface area contributed by atoms with E-state index in [-0.39, 0.29) is 0 Å². The predicted octanol–water partition coefficient (Wildman–Crippen LogP) is 2.16. The number of carboxylic acid groups (broad SMARTS) is 1. The number of hydrogen-bond acceptors (Lipinski definition) is 2. The lowest BCUT2D eigenvalue weighted by molar-refractivity contribution is 0.150. The molecule has 0 fully saturated rings. The second-order valence-electron chi connectivity index (χ2n) is 3.93. The Morgan fingerprint density at radius 1 is 1.56 bits per heavy atom. The Morgan fingerprint density at radius 2 is 2.38 bits per heavy atom. The third-order valence-corrected chi connectivity index (χ3v) is 2.72. The highest BCUT2D eigenvalue weighted by Gasteiger charge is 2.17. The van der Waals surface area contributed by atoms with Crippen LogP contribution in [0.15, 0.2) is 24.4 Å². The van der Waals surface area contributed by atoms with E-state index in [1.165, 1.54) is 10.5 Å². The second kappa shape index (κ2) is 4.35. The average molecular weight is 218 g/mol. The van der Waals surface area contributed by atoms with Gasteiger partial charge in [0.1, 0.15) is 0 Å². The first kappa shape index (κ1) is 10.7. The Kier molecular flexibility index (Phi) is 2.90. The molecule has 1 aliphatic rings. The lowest BCUT2D eigenvalue weighted by atomic mass is 10.0. The largest absolute Gasteiger partial charge is 0.465 e. The van der Waals surface area contributed by atoms with Crippen LogP contribution in [0.25, 0.3) is 5.57 Å². The van der Waals surface area contributed by atoms with Crippen molar-refractivity contribution < 1.29 is 9.90 Å². The summed E-state index contributed by atoms with van der Waals surface area (Å²) >= 11 is 0. The molecule has 0 bridgehead atoms. The number of nitrogens with zero attached hydrogens (tertiary/aromatic N) is 2. The van der Waals surface area contributed by atoms with Gasteiger partial charge in [0.2, 0.25) is 0 Å². The van der Waals surface area contributed by atoms with E-state index in [0.29, 0.717) is 13.1 Å². The van der Waals surface area contributed by atoms with Gasteiger partial charge in [0.15, 0.2) is 0 Å². The number of rotatable bonds is 1. The van der Waals surface area contributed by atoms with E-state index in [9.17, 15) is 4.79 Å². The van der Waals surface area contributed by atoms with Crippen molar-refractivity contribution in [2.75, 3.05) is 13.1 Å². The zero-order valence-corrected chi connectivity index (χ0v) is 9.18. The van der Waals surface area contributed by atoms with E-state index in [1.54, 1.807) is 6.20 Å². The molecular weight excluding hydrogens is 204 g/mol. The van der Waals surface area contributed by atoms with Crippen LogP contribution in [0.1, 0.15) is 17.7 Å². The first-order valence-electron chi connectivity index (χ1n) is 5.27. The van der Waals surface area contributed by atoms with Gasteiger partial charge >= 0.3 is 6.09 Å². The summed E-state index contributed by atoms with van der Waals surface area (Å²) in [7, 11) is 0. The summed E-state index contributed by atoms with van der Waals surface area (Å²) < 4.78 is 0. The molecular formula is C12H14N2O2. The van der Waals surface area contributed by atoms with Gasteiger partial charge in [0.25, 0.3) is 0 Å². The molecule has 0 aliphatic carbocycles. The normalized spacial score (nSPS) is 15.8. The van der Waals surface area contributed by atoms with Gasteiger partial charge in [0.05, 0.1) is 5.69 Å². The first-order chi connectivity index (χ1) is 7.66. The number of aryl methyl sites for hydroxylation is 1. The molecule has 0 radical (unpaired) electrons. The van der Waals surface area contributed by atoms with Crippen molar-refractivity contribution in [3.63, 3.8) is 0 Å². The number of pyridine rings is 1. The Bertz CT molecular complexity index is 440. The smallest absolute Gasteiger partial charge is 0.407 e. The number of carbonyl (C=O) groups is 1. The molecule has 1 aromatic heterocycles. The van der Waals surface area contributed by atoms with Gasteiger partial charge in [-0.15, -0.1) is 0 Å². The van der Waals surface area contributed by atoms with Crippen molar-refractivity contribution in [1.29, 1.82) is 0 Å². The van der Waals surface area contributed by atoms with Crippen LogP contribution in [0.3, 0.4) is 0 Å². The fraction of sp³-hybridized carbons (Fsp3) is 0.333. The Morgan fingerprint density at radius 3 is 2.94 bits per heavy atom. The molecule has 2 heterocycles. The fourth-order valence-corrected chi connectivity index (χ4v) is 1.79. The lowest BCUT2D eigenvalue weighted by Gasteiger charge is -2.23. The average Bonchev–Trinajstić information content (AvgIpc) is 2.29. The van der Waals surface area contributed by atoms with Crippen molar-refractivity contribution >= 4 is 11.7 Å². The Labute approximate surface area is 94.2 Å². The summed E-state index contributed by atoms with van der Waals surface area (Å²) in [5, 5.41) is 8.82. The van der Waals surface area contributed by atoms with E-state index in [2.05, 4.69) is 4.98 Å². The molecule has 1 aliphatic heterocycles. The minimum atomic E-state index is -0.854. The maximum Gasteiger partial charge on any atom is 0.407 e. The zero-order valence-electron chi connectivity index (χ0n) is 9.18. The van der Waals surface area contributed by atoms with Crippen molar-refractivity contribution in [3.8, 4) is 0 Å². The summed E-state index contributed by atoms with van der Waals surface area (Å²) in [4.78, 5) is 16.4. The van der Waals surface area contributed by atoms with E-state index < -0.39 is 6.09 Å². The van der Waals surface area contributed by atoms with Crippen LogP contribution in [-0.4, -0.2) is 34.2 Å². The highest BCUT2D eigenvalue weighted by Crippen LogP contribution is 2.20. The van der Waals surface area contributed by atoms with Crippen LogP contribution in [0.2, 0.25) is 0 Å². The van der Waals surface area contributed by atoms with Crippen molar-refractivity contribution in [1.82, 2.24) is 9.88 Å². The maximum absolute atomic E-state index is 10.7. The molecule has 0 unspecified atom stereocenters. The number of aromatic nitrogens is 1. The summed E-state index contributed by atoms with van der Waals surface area (Å²) in [6.07, 6.45) is 3.62. The van der Waals surface area contributed by atoms with Crippen LogP contribution >= 0.6 is 0 Å². The zero-order chi connectivity index (χ0) is 11.5. The summed E-state index contributed by atoms with van der Waals surface area (Å²) in [5.74, 6) is 0. The van der Waals surface area contributed by atoms with E-state index in [1.807, 2.05) is 25.1 Å². The molecule has 2 rings (SSSR count). The lowest BCUT2D eigenvalue weighted by Crippen LogP contribution is -2.33. The third kappa shape index (κ3) is 2.21. The van der Waals surface area contributed by atoms with Gasteiger partial charge in [-0.3, -0.25) is 4.98 Å². The number of amides is 1. The monoisotopic (exact) mass is 218 g/mol. The van der Waals surface area contributed by atoms with Crippen molar-refractivity contribution in [2.24, 2.45) is 0 Å². The fourth-order valence-electron chi connectivity index (χ4n) is 1.79. The van der Waals surface area contributed by atoms with Gasteiger partial charge in [-0.2, -0.15) is 0 Å². The molecule has 16 heavy (non-hydrogen) atoms. The maximum atomic E-state index is 10.7. The van der Waals surface area contributed by atoms with E-state index in [0.717, 1.165) is 17.7 Å². The van der Waals surface area contributed by atoms with Crippen molar-refractivity contribution in [3.05, 3.63) is 35.7 Å². The summed E-state index contributed by atoms with van der Waals surface area (Å²) in [6, 6.07) is 3.98. The van der Waals surface area contributed by atoms with Gasteiger partial charge in [0, 0.05) is 19.3 Å². The molecule has 4 nitrogen and oxygen atoms in total. The first-order valence-corrected chi connectivity index (χ1v) is 5.27. The minimum absolute atomic E-state index is 0.459. The molecule has 0 spiro atoms. The highest BCUT2D eigenvalue weighted by molar-refractivity contribution is 5.70. The highest BCUT2D eigenvalue weighted by atomic mass is 16.4. The second-order valence-corrected chi connectivity index (χ2v) is 3.93. The van der Waals surface area contributed by atoms with Gasteiger partial charge < -0.3 is 10.0 Å². The molecule has 0 aromatic carbocycles. The third-order valence-electron chi connectivity index (χ3n) is 2.72. The van der Waals surface area contributed by atoms with Gasteiger partial charge in [-0.05, 0) is 36.6 Å². The van der Waals surface area contributed by atoms with Crippen LogP contribution < -0.4 is 0 Å². The molecule has 0 atom stereocenters. The standard InChI is InChI=1S/C12H14N2O2/c1-9-2-5-13-11(8-9)10-3-6-14(7-4-10)12(15)16/h2-3,5,8H,4,6-7H2,1H3,(H,15,16). The molecule has 1 amide bonds. The van der Waals surface area contributed by atoms with Gasteiger partial charge in [-0.25, -0.2) is 4.79 Å². The Hall–Kier alpha value is -1.84. The van der Waals surface area contributed by atoms with E-state index in [4.69, 9.17) is 5.11 Å². The van der Waals surface area contributed by atoms with E-state index >= 15 is 0 Å². The quantitative estimate of drug-likeness (QED) is 0.785. The molecule has 1 aromatic rings. The molecule has 1 N–H and O–H groups in total. The summed E-state index contributed by atoms with van der Waals surface area (Å²) in [6.45, 7) is 3.04. The predicted molar refractivity (Wildman–Crippen MR) is 61.2 cm³/mol. The molecule has 0 saturated carbocycles. The number of hydrogen-bond donors (Lipinski definition) is 1. The van der Waals surface area contributed by atoms with Crippen molar-refractivity contribution in [2.45, 2.75) is 13.3 Å². The SMILES string of the molecule is Cc1ccnc(C2=CCN(C(=O)O)CC2)c1. The van der Waals surface area contributed by atoms with Crippen LogP contribution in [0.4, 0.5) is 4.79 Å². The summed E-state index contributed by atoms with van der Waals surface area (Å²) in [5.41, 5.74) is 3.28.